The number of fused-ring (bicyclic) bond motifs is 1. The van der Waals surface area contributed by atoms with Crippen LogP contribution in [0.15, 0.2) is 24.7 Å². The SMILES string of the molecule is Cc1cc(-n2cnc(Nc3nc4c(c(N5CCC[C@H]5CO)n3)CCC4)c2)cc(C)c1C. The van der Waals surface area contributed by atoms with E-state index in [4.69, 9.17) is 9.97 Å². The molecule has 1 aromatic carbocycles. The number of rotatable bonds is 5. The lowest BCUT2D eigenvalue weighted by Crippen LogP contribution is -2.33. The minimum Gasteiger partial charge on any atom is -0.394 e. The average molecular weight is 419 g/mol. The minimum absolute atomic E-state index is 0.152. The van der Waals surface area contributed by atoms with Crippen LogP contribution in [0.4, 0.5) is 17.6 Å². The fourth-order valence-corrected chi connectivity index (χ4v) is 4.82. The Labute approximate surface area is 183 Å². The monoisotopic (exact) mass is 418 g/mol. The third-order valence-electron chi connectivity index (χ3n) is 6.80. The Morgan fingerprint density at radius 2 is 1.90 bits per heavy atom. The third-order valence-corrected chi connectivity index (χ3v) is 6.80. The van der Waals surface area contributed by atoms with Gasteiger partial charge in [0, 0.05) is 17.8 Å². The van der Waals surface area contributed by atoms with Crippen molar-refractivity contribution in [2.45, 2.75) is 58.9 Å². The lowest BCUT2D eigenvalue weighted by molar-refractivity contribution is 0.266. The van der Waals surface area contributed by atoms with E-state index in [1.807, 2.05) is 17.1 Å². The van der Waals surface area contributed by atoms with Gasteiger partial charge >= 0.3 is 0 Å². The smallest absolute Gasteiger partial charge is 0.230 e. The molecule has 5 rings (SSSR count). The Balaban J connectivity index is 1.44. The maximum atomic E-state index is 9.80. The largest absolute Gasteiger partial charge is 0.394 e. The Kier molecular flexibility index (Phi) is 5.14. The van der Waals surface area contributed by atoms with Gasteiger partial charge in [0.05, 0.1) is 24.5 Å². The fraction of sp³-hybridized carbons (Fsp3) is 0.458. The zero-order chi connectivity index (χ0) is 21.5. The summed E-state index contributed by atoms with van der Waals surface area (Å²) in [6.07, 6.45) is 9.01. The Morgan fingerprint density at radius 1 is 1.10 bits per heavy atom. The zero-order valence-electron chi connectivity index (χ0n) is 18.5. The molecule has 3 heterocycles. The Bertz CT molecular complexity index is 1100. The number of aliphatic hydroxyl groups excluding tert-OH is 1. The van der Waals surface area contributed by atoms with Crippen LogP contribution >= 0.6 is 0 Å². The summed E-state index contributed by atoms with van der Waals surface area (Å²) in [5.41, 5.74) is 7.34. The lowest BCUT2D eigenvalue weighted by Gasteiger charge is -2.26. The number of aliphatic hydroxyl groups is 1. The highest BCUT2D eigenvalue weighted by Crippen LogP contribution is 2.34. The van der Waals surface area contributed by atoms with Gasteiger partial charge in [-0.3, -0.25) is 0 Å². The maximum absolute atomic E-state index is 9.80. The molecule has 1 atom stereocenters. The van der Waals surface area contributed by atoms with Crippen molar-refractivity contribution < 1.29 is 5.11 Å². The first-order valence-corrected chi connectivity index (χ1v) is 11.2. The number of hydrogen-bond donors (Lipinski definition) is 2. The van der Waals surface area contributed by atoms with Crippen molar-refractivity contribution in [3.05, 3.63) is 52.6 Å². The summed E-state index contributed by atoms with van der Waals surface area (Å²) in [4.78, 5) is 16.5. The number of anilines is 3. The van der Waals surface area contributed by atoms with E-state index in [9.17, 15) is 5.11 Å². The van der Waals surface area contributed by atoms with Crippen molar-refractivity contribution in [3.8, 4) is 5.69 Å². The van der Waals surface area contributed by atoms with Crippen LogP contribution in [0.2, 0.25) is 0 Å². The summed E-state index contributed by atoms with van der Waals surface area (Å²) in [5, 5.41) is 13.1. The van der Waals surface area contributed by atoms with Gasteiger partial charge in [-0.05, 0) is 81.7 Å². The van der Waals surface area contributed by atoms with Gasteiger partial charge in [0.2, 0.25) is 5.95 Å². The van der Waals surface area contributed by atoms with Gasteiger partial charge in [-0.25, -0.2) is 9.97 Å². The molecule has 1 saturated heterocycles. The molecule has 1 aliphatic carbocycles. The first kappa shape index (κ1) is 20.0. The second-order valence-electron chi connectivity index (χ2n) is 8.82. The summed E-state index contributed by atoms with van der Waals surface area (Å²) in [6.45, 7) is 7.54. The van der Waals surface area contributed by atoms with Crippen LogP contribution in [-0.4, -0.2) is 43.8 Å². The molecule has 0 unspecified atom stereocenters. The number of aromatic nitrogens is 4. The molecular formula is C24H30N6O. The summed E-state index contributed by atoms with van der Waals surface area (Å²) >= 11 is 0. The predicted octanol–water partition coefficient (Wildman–Crippen LogP) is 3.78. The molecule has 0 amide bonds. The van der Waals surface area contributed by atoms with Crippen molar-refractivity contribution in [1.82, 2.24) is 19.5 Å². The van der Waals surface area contributed by atoms with Gasteiger partial charge in [0.15, 0.2) is 5.82 Å². The number of nitrogens with one attached hydrogen (secondary N) is 1. The third kappa shape index (κ3) is 3.67. The van der Waals surface area contributed by atoms with E-state index in [0.717, 1.165) is 61.7 Å². The molecule has 0 saturated carbocycles. The summed E-state index contributed by atoms with van der Waals surface area (Å²) in [5.74, 6) is 2.30. The molecule has 2 N–H and O–H groups in total. The first-order chi connectivity index (χ1) is 15.0. The molecule has 1 aliphatic heterocycles. The Morgan fingerprint density at radius 3 is 2.68 bits per heavy atom. The van der Waals surface area contributed by atoms with Crippen molar-refractivity contribution in [2.75, 3.05) is 23.4 Å². The summed E-state index contributed by atoms with van der Waals surface area (Å²) < 4.78 is 2.03. The molecule has 31 heavy (non-hydrogen) atoms. The molecule has 2 aliphatic rings. The first-order valence-electron chi connectivity index (χ1n) is 11.2. The van der Waals surface area contributed by atoms with Crippen LogP contribution in [0.1, 0.15) is 47.2 Å². The molecule has 3 aromatic rings. The van der Waals surface area contributed by atoms with Gasteiger partial charge in [-0.1, -0.05) is 0 Å². The molecule has 2 aromatic heterocycles. The second-order valence-corrected chi connectivity index (χ2v) is 8.82. The normalized spacial score (nSPS) is 17.9. The second kappa shape index (κ2) is 7.96. The molecule has 1 fully saturated rings. The number of imidazole rings is 1. The molecule has 0 radical (unpaired) electrons. The quantitative estimate of drug-likeness (QED) is 0.656. The van der Waals surface area contributed by atoms with Crippen molar-refractivity contribution in [3.63, 3.8) is 0 Å². The van der Waals surface area contributed by atoms with Gasteiger partial charge < -0.3 is 19.9 Å². The highest BCUT2D eigenvalue weighted by Gasteiger charge is 2.30. The van der Waals surface area contributed by atoms with Crippen LogP contribution in [0.5, 0.6) is 0 Å². The zero-order valence-corrected chi connectivity index (χ0v) is 18.5. The van der Waals surface area contributed by atoms with E-state index in [-0.39, 0.29) is 12.6 Å². The highest BCUT2D eigenvalue weighted by molar-refractivity contribution is 5.59. The topological polar surface area (TPSA) is 79.1 Å². The van der Waals surface area contributed by atoms with E-state index in [1.165, 1.54) is 22.3 Å². The maximum Gasteiger partial charge on any atom is 0.230 e. The van der Waals surface area contributed by atoms with Crippen molar-refractivity contribution in [2.24, 2.45) is 0 Å². The van der Waals surface area contributed by atoms with Gasteiger partial charge in [0.25, 0.3) is 0 Å². The molecule has 162 valence electrons. The minimum atomic E-state index is 0.152. The predicted molar refractivity (Wildman–Crippen MR) is 123 cm³/mol. The van der Waals surface area contributed by atoms with Gasteiger partial charge in [-0.15, -0.1) is 0 Å². The number of benzene rings is 1. The fourth-order valence-electron chi connectivity index (χ4n) is 4.82. The van der Waals surface area contributed by atoms with Gasteiger partial charge in [0.1, 0.15) is 12.1 Å². The van der Waals surface area contributed by atoms with Crippen molar-refractivity contribution in [1.29, 1.82) is 0 Å². The van der Waals surface area contributed by atoms with Crippen LogP contribution in [0.3, 0.4) is 0 Å². The molecule has 0 spiro atoms. The van der Waals surface area contributed by atoms with Gasteiger partial charge in [-0.2, -0.15) is 4.98 Å². The average Bonchev–Trinajstić information content (AvgIpc) is 3.51. The number of aryl methyl sites for hydroxylation is 3. The van der Waals surface area contributed by atoms with E-state index >= 15 is 0 Å². The van der Waals surface area contributed by atoms with Crippen LogP contribution in [-0.2, 0) is 12.8 Å². The molecule has 7 nitrogen and oxygen atoms in total. The summed E-state index contributed by atoms with van der Waals surface area (Å²) in [7, 11) is 0. The van der Waals surface area contributed by atoms with E-state index < -0.39 is 0 Å². The van der Waals surface area contributed by atoms with Crippen molar-refractivity contribution >= 4 is 17.6 Å². The molecule has 0 bridgehead atoms. The Hall–Kier alpha value is -2.93. The lowest BCUT2D eigenvalue weighted by atomic mass is 10.0. The standard InChI is InChI=1S/C24H30N6O/c1-15-10-19(11-16(2)17(15)3)29-12-22(25-14-29)27-24-26-21-8-4-7-20(21)23(28-24)30-9-5-6-18(30)13-31/h10-12,14,18,31H,4-9,13H2,1-3H3,(H,26,27,28)/t18-/m0/s1. The van der Waals surface area contributed by atoms with E-state index in [0.29, 0.717) is 5.95 Å². The van der Waals surface area contributed by atoms with Crippen LogP contribution < -0.4 is 10.2 Å². The highest BCUT2D eigenvalue weighted by atomic mass is 16.3. The molecule has 7 heteroatoms. The van der Waals surface area contributed by atoms with Crippen LogP contribution in [0.25, 0.3) is 5.69 Å². The van der Waals surface area contributed by atoms with E-state index in [1.54, 1.807) is 0 Å². The van der Waals surface area contributed by atoms with E-state index in [2.05, 4.69) is 48.1 Å². The molecular weight excluding hydrogens is 388 g/mol. The number of hydrogen-bond acceptors (Lipinski definition) is 6. The summed E-state index contributed by atoms with van der Waals surface area (Å²) in [6, 6.07) is 4.51. The number of nitrogens with zero attached hydrogens (tertiary/aromatic N) is 5. The van der Waals surface area contributed by atoms with Crippen LogP contribution in [0, 0.1) is 20.8 Å².